The van der Waals surface area contributed by atoms with Gasteiger partial charge in [-0.1, -0.05) is 38.3 Å². The fourth-order valence-electron chi connectivity index (χ4n) is 3.03. The highest BCUT2D eigenvalue weighted by molar-refractivity contribution is 7.90. The second-order valence-electron chi connectivity index (χ2n) is 6.43. The molecule has 3 nitrogen and oxygen atoms in total. The van der Waals surface area contributed by atoms with Gasteiger partial charge in [-0.25, -0.2) is 8.42 Å². The minimum absolute atomic E-state index is 0.311. The summed E-state index contributed by atoms with van der Waals surface area (Å²) in [6, 6.07) is 5.24. The summed E-state index contributed by atoms with van der Waals surface area (Å²) in [6.07, 6.45) is 5.95. The van der Waals surface area contributed by atoms with E-state index >= 15 is 0 Å². The van der Waals surface area contributed by atoms with E-state index in [1.54, 1.807) is 18.2 Å². The van der Waals surface area contributed by atoms with E-state index in [-0.39, 0.29) is 0 Å². The molecular weight excluding hydrogens is 306 g/mol. The first-order valence-corrected chi connectivity index (χ1v) is 9.80. The third kappa shape index (κ3) is 4.36. The first-order valence-electron chi connectivity index (χ1n) is 7.53. The maximum atomic E-state index is 11.7. The highest BCUT2D eigenvalue weighted by Crippen LogP contribution is 2.33. The van der Waals surface area contributed by atoms with Gasteiger partial charge in [-0.2, -0.15) is 0 Å². The third-order valence-electron chi connectivity index (χ3n) is 4.38. The van der Waals surface area contributed by atoms with Gasteiger partial charge in [-0.15, -0.1) is 0 Å². The zero-order valence-corrected chi connectivity index (χ0v) is 14.5. The molecule has 2 atom stereocenters. The lowest BCUT2D eigenvalue weighted by Crippen LogP contribution is -2.29. The monoisotopic (exact) mass is 329 g/mol. The molecule has 1 N–H and O–H groups in total. The second kappa shape index (κ2) is 6.57. The average Bonchev–Trinajstić information content (AvgIpc) is 2.40. The molecule has 0 aliphatic heterocycles. The Morgan fingerprint density at radius 1 is 1.29 bits per heavy atom. The van der Waals surface area contributed by atoms with Gasteiger partial charge in [-0.05, 0) is 42.9 Å². The maximum Gasteiger partial charge on any atom is 0.175 e. The highest BCUT2D eigenvalue weighted by Gasteiger charge is 2.24. The number of benzene rings is 1. The highest BCUT2D eigenvalue weighted by atomic mass is 35.5. The van der Waals surface area contributed by atoms with Gasteiger partial charge in [0.1, 0.15) is 0 Å². The fourth-order valence-corrected chi connectivity index (χ4v) is 3.85. The summed E-state index contributed by atoms with van der Waals surface area (Å²) < 4.78 is 23.3. The topological polar surface area (TPSA) is 46.2 Å². The van der Waals surface area contributed by atoms with Gasteiger partial charge in [0.25, 0.3) is 0 Å². The van der Waals surface area contributed by atoms with Gasteiger partial charge in [-0.3, -0.25) is 0 Å². The normalized spacial score (nSPS) is 23.3. The molecule has 0 radical (unpaired) electrons. The molecule has 1 aliphatic rings. The lowest BCUT2D eigenvalue weighted by Gasteiger charge is -2.33. The summed E-state index contributed by atoms with van der Waals surface area (Å²) in [4.78, 5) is 0.311. The SMILES string of the molecule is CC(C)C1CCCC(Nc2cc(S(C)(=O)=O)ccc2Cl)C1. The van der Waals surface area contributed by atoms with Crippen molar-refractivity contribution in [3.05, 3.63) is 23.2 Å². The molecule has 1 aromatic carbocycles. The zero-order chi connectivity index (χ0) is 15.6. The van der Waals surface area contributed by atoms with Crippen LogP contribution in [0.5, 0.6) is 0 Å². The first kappa shape index (κ1) is 16.6. The first-order chi connectivity index (χ1) is 9.77. The Balaban J connectivity index is 2.15. The van der Waals surface area contributed by atoms with Crippen molar-refractivity contribution in [1.82, 2.24) is 0 Å². The average molecular weight is 330 g/mol. The van der Waals surface area contributed by atoms with E-state index in [1.165, 1.54) is 19.1 Å². The summed E-state index contributed by atoms with van der Waals surface area (Å²) in [6.45, 7) is 4.54. The van der Waals surface area contributed by atoms with Crippen LogP contribution in [0.25, 0.3) is 0 Å². The minimum atomic E-state index is -3.21. The largest absolute Gasteiger partial charge is 0.381 e. The molecule has 0 spiro atoms. The number of nitrogens with one attached hydrogen (secondary N) is 1. The van der Waals surface area contributed by atoms with Crippen LogP contribution in [0.3, 0.4) is 0 Å². The molecule has 2 rings (SSSR count). The molecule has 1 aromatic rings. The molecular formula is C16H24ClNO2S. The summed E-state index contributed by atoms with van der Waals surface area (Å²) >= 11 is 6.21. The fraction of sp³-hybridized carbons (Fsp3) is 0.625. The van der Waals surface area contributed by atoms with E-state index in [1.807, 2.05) is 0 Å². The van der Waals surface area contributed by atoms with Crippen LogP contribution in [0.1, 0.15) is 39.5 Å². The van der Waals surface area contributed by atoms with Crippen molar-refractivity contribution in [3.8, 4) is 0 Å². The van der Waals surface area contributed by atoms with Gasteiger partial charge >= 0.3 is 0 Å². The van der Waals surface area contributed by atoms with Crippen molar-refractivity contribution in [1.29, 1.82) is 0 Å². The number of rotatable bonds is 4. The molecule has 0 aromatic heterocycles. The Hall–Kier alpha value is -0.740. The van der Waals surface area contributed by atoms with Crippen molar-refractivity contribution >= 4 is 27.1 Å². The summed E-state index contributed by atoms with van der Waals surface area (Å²) in [5, 5.41) is 4.03. The number of sulfone groups is 1. The van der Waals surface area contributed by atoms with Crippen LogP contribution in [0.2, 0.25) is 5.02 Å². The zero-order valence-electron chi connectivity index (χ0n) is 12.9. The Morgan fingerprint density at radius 3 is 2.62 bits per heavy atom. The molecule has 2 unspecified atom stereocenters. The summed E-state index contributed by atoms with van der Waals surface area (Å²) in [7, 11) is -3.21. The van der Waals surface area contributed by atoms with Gasteiger partial charge in [0.05, 0.1) is 15.6 Å². The molecule has 1 saturated carbocycles. The van der Waals surface area contributed by atoms with Crippen LogP contribution in [-0.4, -0.2) is 20.7 Å². The third-order valence-corrected chi connectivity index (χ3v) is 5.82. The Bertz CT molecular complexity index is 598. The Morgan fingerprint density at radius 2 is 2.00 bits per heavy atom. The Kier molecular flexibility index (Phi) is 5.20. The summed E-state index contributed by atoms with van der Waals surface area (Å²) in [5.41, 5.74) is 0.731. The molecule has 118 valence electrons. The molecule has 0 saturated heterocycles. The van der Waals surface area contributed by atoms with Crippen LogP contribution in [0, 0.1) is 11.8 Å². The van der Waals surface area contributed by atoms with Gasteiger partial charge in [0.15, 0.2) is 9.84 Å². The van der Waals surface area contributed by atoms with Crippen LogP contribution < -0.4 is 5.32 Å². The van der Waals surface area contributed by atoms with Crippen LogP contribution in [0.15, 0.2) is 23.1 Å². The van der Waals surface area contributed by atoms with E-state index in [0.29, 0.717) is 21.9 Å². The molecule has 5 heteroatoms. The predicted octanol–water partition coefficient (Wildman–Crippen LogP) is 4.37. The van der Waals surface area contributed by atoms with E-state index in [2.05, 4.69) is 19.2 Å². The second-order valence-corrected chi connectivity index (χ2v) is 8.85. The van der Waals surface area contributed by atoms with Gasteiger partial charge < -0.3 is 5.32 Å². The quantitative estimate of drug-likeness (QED) is 0.892. The summed E-state index contributed by atoms with van der Waals surface area (Å²) in [5.74, 6) is 1.42. The molecule has 1 fully saturated rings. The lowest BCUT2D eigenvalue weighted by molar-refractivity contribution is 0.264. The van der Waals surface area contributed by atoms with Crippen LogP contribution in [-0.2, 0) is 9.84 Å². The van der Waals surface area contributed by atoms with E-state index in [0.717, 1.165) is 24.4 Å². The number of halogens is 1. The number of hydrogen-bond acceptors (Lipinski definition) is 3. The number of hydrogen-bond donors (Lipinski definition) is 1. The van der Waals surface area contributed by atoms with E-state index < -0.39 is 9.84 Å². The smallest absolute Gasteiger partial charge is 0.175 e. The van der Waals surface area contributed by atoms with Crippen molar-refractivity contribution in [2.24, 2.45) is 11.8 Å². The Labute approximate surface area is 133 Å². The molecule has 0 bridgehead atoms. The van der Waals surface area contributed by atoms with Crippen molar-refractivity contribution < 1.29 is 8.42 Å². The van der Waals surface area contributed by atoms with E-state index in [9.17, 15) is 8.42 Å². The van der Waals surface area contributed by atoms with Gasteiger partial charge in [0.2, 0.25) is 0 Å². The molecule has 0 amide bonds. The lowest BCUT2D eigenvalue weighted by atomic mass is 9.79. The van der Waals surface area contributed by atoms with E-state index in [4.69, 9.17) is 11.6 Å². The number of anilines is 1. The van der Waals surface area contributed by atoms with Gasteiger partial charge in [0, 0.05) is 12.3 Å². The molecule has 1 aliphatic carbocycles. The van der Waals surface area contributed by atoms with Crippen molar-refractivity contribution in [3.63, 3.8) is 0 Å². The van der Waals surface area contributed by atoms with Crippen molar-refractivity contribution in [2.75, 3.05) is 11.6 Å². The van der Waals surface area contributed by atoms with Crippen LogP contribution >= 0.6 is 11.6 Å². The van der Waals surface area contributed by atoms with Crippen LogP contribution in [0.4, 0.5) is 5.69 Å². The minimum Gasteiger partial charge on any atom is -0.381 e. The standard InChI is InChI=1S/C16H24ClNO2S/c1-11(2)12-5-4-6-13(9-12)18-16-10-14(21(3,19)20)7-8-15(16)17/h7-8,10-13,18H,4-6,9H2,1-3H3. The maximum absolute atomic E-state index is 11.7. The molecule has 0 heterocycles. The molecule has 21 heavy (non-hydrogen) atoms. The predicted molar refractivity (Wildman–Crippen MR) is 88.8 cm³/mol. The van der Waals surface area contributed by atoms with Crippen molar-refractivity contribution in [2.45, 2.75) is 50.5 Å².